The molecular weight excluding hydrogens is 184 g/mol. The monoisotopic (exact) mass is 204 g/mol. The van der Waals surface area contributed by atoms with Crippen LogP contribution < -0.4 is 10.2 Å². The molecule has 15 heavy (non-hydrogen) atoms. The Morgan fingerprint density at radius 2 is 2.13 bits per heavy atom. The molecule has 1 N–H and O–H groups in total. The van der Waals surface area contributed by atoms with Gasteiger partial charge >= 0.3 is 0 Å². The molecule has 2 rings (SSSR count). The molecule has 1 aromatic carbocycles. The molecule has 0 saturated heterocycles. The van der Waals surface area contributed by atoms with E-state index < -0.39 is 0 Å². The first-order valence-corrected chi connectivity index (χ1v) is 5.80. The molecule has 2 heteroatoms. The molecule has 0 amide bonds. The zero-order valence-corrected chi connectivity index (χ0v) is 9.88. The number of aryl methyl sites for hydroxylation is 1. The first-order valence-electron chi connectivity index (χ1n) is 5.80. The predicted molar refractivity (Wildman–Crippen MR) is 66.8 cm³/mol. The minimum Gasteiger partial charge on any atom is -0.383 e. The Kier molecular flexibility index (Phi) is 2.85. The lowest BCUT2D eigenvalue weighted by molar-refractivity contribution is 0.671. The van der Waals surface area contributed by atoms with Gasteiger partial charge in [0.15, 0.2) is 0 Å². The van der Waals surface area contributed by atoms with Gasteiger partial charge in [-0.05, 0) is 38.8 Å². The normalized spacial score (nSPS) is 15.9. The molecule has 2 nitrogen and oxygen atoms in total. The van der Waals surface area contributed by atoms with Gasteiger partial charge < -0.3 is 10.2 Å². The molecule has 0 saturated carbocycles. The average Bonchev–Trinajstić information content (AvgIpc) is 2.40. The Morgan fingerprint density at radius 1 is 1.33 bits per heavy atom. The van der Waals surface area contributed by atoms with Crippen LogP contribution in [0.4, 0.5) is 11.4 Å². The highest BCUT2D eigenvalue weighted by Crippen LogP contribution is 2.32. The van der Waals surface area contributed by atoms with Crippen LogP contribution in [0, 0.1) is 6.92 Å². The molecule has 0 unspecified atom stereocenters. The highest BCUT2D eigenvalue weighted by molar-refractivity contribution is 5.74. The van der Waals surface area contributed by atoms with E-state index in [-0.39, 0.29) is 0 Å². The largest absolute Gasteiger partial charge is 0.383 e. The van der Waals surface area contributed by atoms with Crippen LogP contribution in [-0.2, 0) is 0 Å². The number of benzene rings is 1. The summed E-state index contributed by atoms with van der Waals surface area (Å²) in [4.78, 5) is 2.50. The molecule has 0 aromatic heterocycles. The van der Waals surface area contributed by atoms with Gasteiger partial charge in [-0.2, -0.15) is 0 Å². The predicted octanol–water partition coefficient (Wildman–Crippen LogP) is 3.03. The highest BCUT2D eigenvalue weighted by Gasteiger charge is 2.18. The number of nitrogens with zero attached hydrogens (tertiary/aromatic N) is 1. The van der Waals surface area contributed by atoms with Gasteiger partial charge in [0.1, 0.15) is 0 Å². The van der Waals surface area contributed by atoms with E-state index in [4.69, 9.17) is 0 Å². The molecule has 0 radical (unpaired) electrons. The summed E-state index contributed by atoms with van der Waals surface area (Å²) in [6, 6.07) is 7.08. The van der Waals surface area contributed by atoms with Crippen LogP contribution in [0.3, 0.4) is 0 Å². The van der Waals surface area contributed by atoms with Crippen LogP contribution in [-0.4, -0.2) is 19.1 Å². The Morgan fingerprint density at radius 3 is 2.87 bits per heavy atom. The lowest BCUT2D eigenvalue weighted by atomic mass is 10.1. The van der Waals surface area contributed by atoms with Crippen LogP contribution in [0.1, 0.15) is 25.8 Å². The number of nitrogens with one attached hydrogen (secondary N) is 1. The second kappa shape index (κ2) is 4.13. The summed E-state index contributed by atoms with van der Waals surface area (Å²) in [5, 5.41) is 3.51. The Bertz CT molecular complexity index is 344. The van der Waals surface area contributed by atoms with Crippen molar-refractivity contribution in [2.75, 3.05) is 23.3 Å². The maximum absolute atomic E-state index is 3.51. The summed E-state index contributed by atoms with van der Waals surface area (Å²) in [7, 11) is 0. The van der Waals surface area contributed by atoms with Crippen LogP contribution in [0.2, 0.25) is 0 Å². The maximum atomic E-state index is 3.51. The zero-order valence-electron chi connectivity index (χ0n) is 9.88. The summed E-state index contributed by atoms with van der Waals surface area (Å²) in [6.45, 7) is 8.96. The molecule has 1 aliphatic rings. The number of anilines is 2. The Hall–Kier alpha value is -1.18. The molecule has 0 bridgehead atoms. The number of hydrogen-bond donors (Lipinski definition) is 1. The molecule has 0 spiro atoms. The summed E-state index contributed by atoms with van der Waals surface area (Å²) in [5.74, 6) is 0. The van der Waals surface area contributed by atoms with E-state index in [1.807, 2.05) is 0 Å². The van der Waals surface area contributed by atoms with Gasteiger partial charge in [-0.3, -0.25) is 0 Å². The maximum Gasteiger partial charge on any atom is 0.0634 e. The summed E-state index contributed by atoms with van der Waals surface area (Å²) in [5.41, 5.74) is 4.06. The molecular formula is C13H20N2. The van der Waals surface area contributed by atoms with Crippen LogP contribution >= 0.6 is 0 Å². The molecule has 1 aliphatic heterocycles. The standard InChI is InChI=1S/C13H20N2/c1-10(2)15-9-5-8-14-12-7-4-6-11(3)13(12)15/h4,6-7,10,14H,5,8-9H2,1-3H3. The first kappa shape index (κ1) is 10.3. The van der Waals surface area contributed by atoms with E-state index in [2.05, 4.69) is 49.2 Å². The van der Waals surface area contributed by atoms with Gasteiger partial charge in [-0.25, -0.2) is 0 Å². The number of hydrogen-bond acceptors (Lipinski definition) is 2. The number of rotatable bonds is 1. The number of para-hydroxylation sites is 1. The van der Waals surface area contributed by atoms with Crippen molar-refractivity contribution in [3.63, 3.8) is 0 Å². The van der Waals surface area contributed by atoms with Crippen LogP contribution in [0.15, 0.2) is 18.2 Å². The van der Waals surface area contributed by atoms with E-state index in [1.165, 1.54) is 23.4 Å². The van der Waals surface area contributed by atoms with Gasteiger partial charge in [0.2, 0.25) is 0 Å². The second-order valence-corrected chi connectivity index (χ2v) is 4.54. The topological polar surface area (TPSA) is 15.3 Å². The number of fused-ring (bicyclic) bond motifs is 1. The van der Waals surface area contributed by atoms with Crippen molar-refractivity contribution in [1.82, 2.24) is 0 Å². The van der Waals surface area contributed by atoms with E-state index >= 15 is 0 Å². The second-order valence-electron chi connectivity index (χ2n) is 4.54. The minimum absolute atomic E-state index is 0.574. The van der Waals surface area contributed by atoms with E-state index in [1.54, 1.807) is 0 Å². The van der Waals surface area contributed by atoms with E-state index in [9.17, 15) is 0 Å². The lowest BCUT2D eigenvalue weighted by Gasteiger charge is -2.30. The third-order valence-corrected chi connectivity index (χ3v) is 3.04. The Labute approximate surface area is 92.3 Å². The molecule has 0 fully saturated rings. The molecule has 1 heterocycles. The third-order valence-electron chi connectivity index (χ3n) is 3.04. The first-order chi connectivity index (χ1) is 7.20. The van der Waals surface area contributed by atoms with Gasteiger partial charge in [-0.15, -0.1) is 0 Å². The fourth-order valence-corrected chi connectivity index (χ4v) is 2.28. The fraction of sp³-hybridized carbons (Fsp3) is 0.538. The van der Waals surface area contributed by atoms with Crippen molar-refractivity contribution in [2.24, 2.45) is 0 Å². The van der Waals surface area contributed by atoms with Gasteiger partial charge in [0, 0.05) is 19.1 Å². The molecule has 1 aromatic rings. The summed E-state index contributed by atoms with van der Waals surface area (Å²) in [6.07, 6.45) is 1.21. The van der Waals surface area contributed by atoms with E-state index in [0.717, 1.165) is 13.1 Å². The SMILES string of the molecule is Cc1cccc2c1N(C(C)C)CCCN2. The molecule has 82 valence electrons. The van der Waals surface area contributed by atoms with Gasteiger partial charge in [-0.1, -0.05) is 12.1 Å². The van der Waals surface area contributed by atoms with Crippen LogP contribution in [0.25, 0.3) is 0 Å². The Balaban J connectivity index is 2.47. The van der Waals surface area contributed by atoms with Crippen molar-refractivity contribution in [3.05, 3.63) is 23.8 Å². The lowest BCUT2D eigenvalue weighted by Crippen LogP contribution is -2.31. The minimum atomic E-state index is 0.574. The summed E-state index contributed by atoms with van der Waals surface area (Å²) >= 11 is 0. The highest BCUT2D eigenvalue weighted by atomic mass is 15.2. The van der Waals surface area contributed by atoms with Gasteiger partial charge in [0.05, 0.1) is 11.4 Å². The van der Waals surface area contributed by atoms with Crippen molar-refractivity contribution >= 4 is 11.4 Å². The fourth-order valence-electron chi connectivity index (χ4n) is 2.28. The third kappa shape index (κ3) is 1.94. The zero-order chi connectivity index (χ0) is 10.8. The van der Waals surface area contributed by atoms with Crippen molar-refractivity contribution < 1.29 is 0 Å². The van der Waals surface area contributed by atoms with Crippen molar-refractivity contribution in [2.45, 2.75) is 33.2 Å². The summed E-state index contributed by atoms with van der Waals surface area (Å²) < 4.78 is 0. The van der Waals surface area contributed by atoms with E-state index in [0.29, 0.717) is 6.04 Å². The van der Waals surface area contributed by atoms with Crippen molar-refractivity contribution in [3.8, 4) is 0 Å². The van der Waals surface area contributed by atoms with Crippen molar-refractivity contribution in [1.29, 1.82) is 0 Å². The molecule has 0 aliphatic carbocycles. The molecule has 0 atom stereocenters. The smallest absolute Gasteiger partial charge is 0.0634 e. The van der Waals surface area contributed by atoms with Gasteiger partial charge in [0.25, 0.3) is 0 Å². The quantitative estimate of drug-likeness (QED) is 0.756. The van der Waals surface area contributed by atoms with Crippen LogP contribution in [0.5, 0.6) is 0 Å². The average molecular weight is 204 g/mol.